The number of benzene rings is 1. The van der Waals surface area contributed by atoms with E-state index < -0.39 is 18.5 Å². The molecular weight excluding hydrogens is 340 g/mol. The molecule has 0 aliphatic carbocycles. The van der Waals surface area contributed by atoms with Crippen molar-refractivity contribution in [3.8, 4) is 0 Å². The number of nitrogens with zero attached hydrogens (tertiary/aromatic N) is 2. The number of rotatable bonds is 8. The minimum Gasteiger partial charge on any atom is -0.454 e. The molecule has 0 saturated carbocycles. The van der Waals surface area contributed by atoms with Gasteiger partial charge in [-0.3, -0.25) is 23.7 Å². The first-order valence-corrected chi connectivity index (χ1v) is 8.14. The third-order valence-electron chi connectivity index (χ3n) is 3.41. The van der Waals surface area contributed by atoms with Crippen LogP contribution < -0.4 is 16.2 Å². The fraction of sp³-hybridized carbons (Fsp3) is 0.353. The summed E-state index contributed by atoms with van der Waals surface area (Å²) >= 11 is 0. The lowest BCUT2D eigenvalue weighted by molar-refractivity contribution is -0.149. The number of carbonyl (C=O) groups excluding carboxylic acids is 3. The van der Waals surface area contributed by atoms with Crippen molar-refractivity contribution in [3.05, 3.63) is 40.9 Å². The van der Waals surface area contributed by atoms with Crippen molar-refractivity contribution in [1.29, 1.82) is 0 Å². The monoisotopic (exact) mass is 360 g/mol. The summed E-state index contributed by atoms with van der Waals surface area (Å²) in [6.07, 6.45) is 2.05. The van der Waals surface area contributed by atoms with Gasteiger partial charge in [-0.25, -0.2) is 4.98 Å². The van der Waals surface area contributed by atoms with Crippen LogP contribution in [0.1, 0.15) is 13.3 Å². The molecule has 0 saturated heterocycles. The maximum atomic E-state index is 12.3. The molecule has 0 aliphatic rings. The Morgan fingerprint density at radius 2 is 1.92 bits per heavy atom. The molecule has 9 nitrogen and oxygen atoms in total. The Morgan fingerprint density at radius 1 is 1.15 bits per heavy atom. The van der Waals surface area contributed by atoms with Gasteiger partial charge in [0.15, 0.2) is 6.61 Å². The molecule has 1 aromatic heterocycles. The molecule has 0 unspecified atom stereocenters. The number of esters is 1. The van der Waals surface area contributed by atoms with Gasteiger partial charge in [0, 0.05) is 6.54 Å². The first-order valence-electron chi connectivity index (χ1n) is 8.14. The number of aromatic nitrogens is 2. The maximum absolute atomic E-state index is 12.3. The summed E-state index contributed by atoms with van der Waals surface area (Å²) in [6.45, 7) is 1.36. The Balaban J connectivity index is 1.82. The van der Waals surface area contributed by atoms with E-state index in [1.54, 1.807) is 24.3 Å². The van der Waals surface area contributed by atoms with Crippen LogP contribution in [0.15, 0.2) is 35.4 Å². The van der Waals surface area contributed by atoms with E-state index in [0.29, 0.717) is 17.4 Å². The smallest absolute Gasteiger partial charge is 0.326 e. The summed E-state index contributed by atoms with van der Waals surface area (Å²) in [5.41, 5.74) is 0.160. The molecule has 2 amide bonds. The summed E-state index contributed by atoms with van der Waals surface area (Å²) in [6, 6.07) is 6.77. The van der Waals surface area contributed by atoms with Gasteiger partial charge in [0.1, 0.15) is 6.54 Å². The summed E-state index contributed by atoms with van der Waals surface area (Å²) < 4.78 is 5.93. The first-order chi connectivity index (χ1) is 12.5. The normalized spacial score (nSPS) is 10.3. The summed E-state index contributed by atoms with van der Waals surface area (Å²) in [5, 5.41) is 5.32. The van der Waals surface area contributed by atoms with Crippen LogP contribution >= 0.6 is 0 Å². The van der Waals surface area contributed by atoms with E-state index in [1.165, 1.54) is 6.33 Å². The average molecular weight is 360 g/mol. The highest BCUT2D eigenvalue weighted by Crippen LogP contribution is 2.04. The van der Waals surface area contributed by atoms with E-state index in [9.17, 15) is 19.2 Å². The van der Waals surface area contributed by atoms with Crippen molar-refractivity contribution in [3.63, 3.8) is 0 Å². The minimum absolute atomic E-state index is 0.190. The molecule has 2 rings (SSSR count). The first kappa shape index (κ1) is 19.1. The third kappa shape index (κ3) is 5.40. The van der Waals surface area contributed by atoms with Gasteiger partial charge in [0.25, 0.3) is 11.5 Å². The Kier molecular flexibility index (Phi) is 6.84. The number of fused-ring (bicyclic) bond motifs is 1. The number of ether oxygens (including phenoxy) is 1. The summed E-state index contributed by atoms with van der Waals surface area (Å²) in [5.74, 6) is -1.68. The minimum atomic E-state index is -0.755. The number of para-hydroxylation sites is 1. The van der Waals surface area contributed by atoms with Crippen molar-refractivity contribution < 1.29 is 19.1 Å². The summed E-state index contributed by atoms with van der Waals surface area (Å²) in [4.78, 5) is 51.1. The molecule has 0 bridgehead atoms. The van der Waals surface area contributed by atoms with Crippen molar-refractivity contribution in [2.45, 2.75) is 19.9 Å². The molecule has 138 valence electrons. The number of amides is 2. The van der Waals surface area contributed by atoms with Gasteiger partial charge < -0.3 is 15.4 Å². The molecule has 1 aromatic carbocycles. The van der Waals surface area contributed by atoms with Crippen LogP contribution in [0.25, 0.3) is 10.9 Å². The van der Waals surface area contributed by atoms with Crippen LogP contribution in [-0.4, -0.2) is 47.0 Å². The number of nitrogens with one attached hydrogen (secondary N) is 2. The average Bonchev–Trinajstić information content (AvgIpc) is 2.65. The van der Waals surface area contributed by atoms with Crippen LogP contribution in [0.3, 0.4) is 0 Å². The Labute approximate surface area is 149 Å². The highest BCUT2D eigenvalue weighted by Gasteiger charge is 2.11. The lowest BCUT2D eigenvalue weighted by Gasteiger charge is -2.08. The molecule has 2 aromatic rings. The quantitative estimate of drug-likeness (QED) is 0.617. The second-order valence-corrected chi connectivity index (χ2v) is 5.48. The molecule has 2 N–H and O–H groups in total. The lowest BCUT2D eigenvalue weighted by atomic mass is 10.2. The van der Waals surface area contributed by atoms with E-state index in [-0.39, 0.29) is 24.6 Å². The fourth-order valence-electron chi connectivity index (χ4n) is 2.11. The van der Waals surface area contributed by atoms with Gasteiger partial charge >= 0.3 is 5.97 Å². The van der Waals surface area contributed by atoms with Crippen molar-refractivity contribution in [1.82, 2.24) is 20.2 Å². The van der Waals surface area contributed by atoms with Crippen molar-refractivity contribution >= 4 is 28.7 Å². The van der Waals surface area contributed by atoms with Gasteiger partial charge in [0.05, 0.1) is 23.8 Å². The lowest BCUT2D eigenvalue weighted by Crippen LogP contribution is -2.39. The second kappa shape index (κ2) is 9.30. The van der Waals surface area contributed by atoms with Crippen LogP contribution in [0.4, 0.5) is 0 Å². The van der Waals surface area contributed by atoms with Gasteiger partial charge in [0.2, 0.25) is 5.91 Å². The predicted octanol–water partition coefficient (Wildman–Crippen LogP) is -0.418. The summed E-state index contributed by atoms with van der Waals surface area (Å²) in [7, 11) is 0. The molecular formula is C17H20N4O5. The Bertz CT molecular complexity index is 862. The molecule has 0 spiro atoms. The van der Waals surface area contributed by atoms with E-state index in [4.69, 9.17) is 4.74 Å². The van der Waals surface area contributed by atoms with Crippen LogP contribution in [0, 0.1) is 0 Å². The zero-order chi connectivity index (χ0) is 18.9. The van der Waals surface area contributed by atoms with Gasteiger partial charge in [-0.1, -0.05) is 19.1 Å². The second-order valence-electron chi connectivity index (χ2n) is 5.48. The molecule has 0 aliphatic heterocycles. The SMILES string of the molecule is CCCNC(=O)CNC(=O)COC(=O)Cn1cnc2ccccc2c1=O. The van der Waals surface area contributed by atoms with Crippen LogP contribution in [0.5, 0.6) is 0 Å². The number of hydrogen-bond acceptors (Lipinski definition) is 6. The van der Waals surface area contributed by atoms with E-state index in [2.05, 4.69) is 15.6 Å². The molecule has 1 heterocycles. The third-order valence-corrected chi connectivity index (χ3v) is 3.41. The number of carbonyl (C=O) groups is 3. The molecule has 0 fully saturated rings. The molecule has 9 heteroatoms. The van der Waals surface area contributed by atoms with Crippen LogP contribution in [0.2, 0.25) is 0 Å². The Morgan fingerprint density at radius 3 is 2.69 bits per heavy atom. The highest BCUT2D eigenvalue weighted by molar-refractivity contribution is 5.86. The van der Waals surface area contributed by atoms with Crippen molar-refractivity contribution in [2.24, 2.45) is 0 Å². The largest absolute Gasteiger partial charge is 0.454 e. The topological polar surface area (TPSA) is 119 Å². The fourth-order valence-corrected chi connectivity index (χ4v) is 2.11. The molecule has 0 radical (unpaired) electrons. The van der Waals surface area contributed by atoms with Gasteiger partial charge in [-0.15, -0.1) is 0 Å². The van der Waals surface area contributed by atoms with E-state index >= 15 is 0 Å². The van der Waals surface area contributed by atoms with Gasteiger partial charge in [-0.2, -0.15) is 0 Å². The zero-order valence-electron chi connectivity index (χ0n) is 14.4. The maximum Gasteiger partial charge on any atom is 0.326 e. The predicted molar refractivity (Wildman–Crippen MR) is 93.3 cm³/mol. The molecule has 26 heavy (non-hydrogen) atoms. The van der Waals surface area contributed by atoms with Crippen LogP contribution in [-0.2, 0) is 25.7 Å². The standard InChI is InChI=1S/C17H20N4O5/c1-2-7-18-14(22)8-19-15(23)10-26-16(24)9-21-11-20-13-6-4-3-5-12(13)17(21)25/h3-6,11H,2,7-10H2,1H3,(H,18,22)(H,19,23). The van der Waals surface area contributed by atoms with E-state index in [1.807, 2.05) is 6.92 Å². The van der Waals surface area contributed by atoms with E-state index in [0.717, 1.165) is 11.0 Å². The Hall–Kier alpha value is -3.23. The van der Waals surface area contributed by atoms with Crippen molar-refractivity contribution in [2.75, 3.05) is 19.7 Å². The number of hydrogen-bond donors (Lipinski definition) is 2. The van der Waals surface area contributed by atoms with Gasteiger partial charge in [-0.05, 0) is 18.6 Å². The molecule has 0 atom stereocenters. The zero-order valence-corrected chi connectivity index (χ0v) is 14.4. The highest BCUT2D eigenvalue weighted by atomic mass is 16.5.